The number of imide groups is 1. The zero-order chi connectivity index (χ0) is 29.0. The molecule has 2 bridgehead atoms. The summed E-state index contributed by atoms with van der Waals surface area (Å²) in [5.41, 5.74) is 6.32. The topological polar surface area (TPSA) is 68.2 Å². The van der Waals surface area contributed by atoms with Crippen LogP contribution in [0.5, 0.6) is 11.5 Å². The van der Waals surface area contributed by atoms with Gasteiger partial charge in [0.1, 0.15) is 6.61 Å². The molecule has 0 aromatic heterocycles. The van der Waals surface area contributed by atoms with Crippen molar-refractivity contribution >= 4 is 56.5 Å². The summed E-state index contributed by atoms with van der Waals surface area (Å²) in [7, 11) is 0. The Bertz CT molecular complexity index is 1640. The zero-order valence-corrected chi connectivity index (χ0v) is 26.4. The number of benzene rings is 4. The fourth-order valence-corrected chi connectivity index (χ4v) is 7.75. The van der Waals surface area contributed by atoms with E-state index in [9.17, 15) is 9.59 Å². The molecule has 0 radical (unpaired) electrons. The molecule has 4 aliphatic rings. The van der Waals surface area contributed by atoms with Crippen molar-refractivity contribution in [3.8, 4) is 11.5 Å². The van der Waals surface area contributed by atoms with Crippen LogP contribution >= 0.6 is 38.5 Å². The molecule has 8 heteroatoms. The van der Waals surface area contributed by atoms with Crippen molar-refractivity contribution in [1.82, 2.24) is 5.01 Å². The highest BCUT2D eigenvalue weighted by atomic mass is 127. The van der Waals surface area contributed by atoms with Crippen LogP contribution in [-0.2, 0) is 16.2 Å². The highest BCUT2D eigenvalue weighted by Gasteiger charge is 2.61. The summed E-state index contributed by atoms with van der Waals surface area (Å²) in [6, 6.07) is 28.1. The Hall–Kier alpha value is -3.50. The van der Waals surface area contributed by atoms with E-state index in [0.29, 0.717) is 30.3 Å². The fraction of sp³-hybridized carbons (Fsp3) is 0.206. The van der Waals surface area contributed by atoms with Crippen LogP contribution < -0.4 is 9.47 Å². The third-order valence-electron chi connectivity index (χ3n) is 8.38. The highest BCUT2D eigenvalue weighted by molar-refractivity contribution is 14.1. The van der Waals surface area contributed by atoms with Gasteiger partial charge in [0.05, 0.1) is 28.2 Å². The van der Waals surface area contributed by atoms with E-state index >= 15 is 0 Å². The second-order valence-electron chi connectivity index (χ2n) is 10.7. The van der Waals surface area contributed by atoms with E-state index in [0.717, 1.165) is 40.9 Å². The fourth-order valence-electron chi connectivity index (χ4n) is 6.70. The van der Waals surface area contributed by atoms with Crippen molar-refractivity contribution in [3.63, 3.8) is 0 Å². The first-order valence-electron chi connectivity index (χ1n) is 13.9. The van der Waals surface area contributed by atoms with Crippen LogP contribution in [0.1, 0.15) is 52.1 Å². The largest absolute Gasteiger partial charge is 0.490 e. The number of carbonyl (C=O) groups is 2. The molecule has 0 N–H and O–H groups in total. The highest BCUT2D eigenvalue weighted by Crippen LogP contribution is 2.61. The van der Waals surface area contributed by atoms with Gasteiger partial charge in [-0.1, -0.05) is 76.6 Å². The number of halogens is 2. The third-order valence-corrected chi connectivity index (χ3v) is 9.71. The normalized spacial score (nSPS) is 21.8. The average Bonchev–Trinajstić information content (AvgIpc) is 3.26. The lowest BCUT2D eigenvalue weighted by Crippen LogP contribution is -2.41. The first kappa shape index (κ1) is 27.3. The van der Waals surface area contributed by atoms with Gasteiger partial charge >= 0.3 is 0 Å². The van der Waals surface area contributed by atoms with Gasteiger partial charge in [0, 0.05) is 16.3 Å². The Morgan fingerprint density at radius 3 is 1.90 bits per heavy atom. The van der Waals surface area contributed by atoms with E-state index in [1.807, 2.05) is 67.6 Å². The van der Waals surface area contributed by atoms with Crippen LogP contribution in [0.25, 0.3) is 0 Å². The Labute approximate surface area is 266 Å². The monoisotopic (exact) mass is 732 g/mol. The molecule has 42 heavy (non-hydrogen) atoms. The number of amides is 2. The van der Waals surface area contributed by atoms with E-state index in [1.165, 1.54) is 0 Å². The van der Waals surface area contributed by atoms with Gasteiger partial charge in [0.15, 0.2) is 11.5 Å². The minimum absolute atomic E-state index is 0.156. The summed E-state index contributed by atoms with van der Waals surface area (Å²) in [5, 5.41) is 5.58. The van der Waals surface area contributed by atoms with Crippen LogP contribution in [0.3, 0.4) is 0 Å². The van der Waals surface area contributed by atoms with Gasteiger partial charge in [0.25, 0.3) is 11.8 Å². The van der Waals surface area contributed by atoms with Crippen LogP contribution in [0.2, 0.25) is 0 Å². The maximum absolute atomic E-state index is 13.9. The van der Waals surface area contributed by atoms with Crippen LogP contribution in [0.15, 0.2) is 94.5 Å². The lowest BCUT2D eigenvalue weighted by Gasteiger charge is -2.45. The Morgan fingerprint density at radius 1 is 0.833 bits per heavy atom. The van der Waals surface area contributed by atoms with Gasteiger partial charge < -0.3 is 9.47 Å². The average molecular weight is 733 g/mol. The molecule has 4 aromatic carbocycles. The molecule has 210 valence electrons. The summed E-state index contributed by atoms with van der Waals surface area (Å²) < 4.78 is 13.9. The van der Waals surface area contributed by atoms with Crippen molar-refractivity contribution in [3.05, 3.63) is 126 Å². The van der Waals surface area contributed by atoms with E-state index in [4.69, 9.17) is 9.47 Å². The first-order valence-corrected chi connectivity index (χ1v) is 15.8. The smallest absolute Gasteiger partial charge is 0.254 e. The molecule has 3 aliphatic carbocycles. The number of carbonyl (C=O) groups excluding carboxylic acids is 2. The second-order valence-corrected chi connectivity index (χ2v) is 12.8. The molecule has 1 saturated heterocycles. The molecular formula is C34H26BrIN2O4. The van der Waals surface area contributed by atoms with E-state index in [-0.39, 0.29) is 23.7 Å². The predicted molar refractivity (Wildman–Crippen MR) is 172 cm³/mol. The maximum atomic E-state index is 13.9. The molecule has 2 amide bonds. The molecular weight excluding hydrogens is 707 g/mol. The number of nitrogens with zero attached hydrogens (tertiary/aromatic N) is 2. The summed E-state index contributed by atoms with van der Waals surface area (Å²) in [6.07, 6.45) is 1.57. The van der Waals surface area contributed by atoms with Crippen LogP contribution in [0, 0.1) is 15.4 Å². The zero-order valence-electron chi connectivity index (χ0n) is 22.7. The number of rotatable bonds is 7. The lowest BCUT2D eigenvalue weighted by atomic mass is 9.55. The first-order chi connectivity index (χ1) is 20.5. The predicted octanol–water partition coefficient (Wildman–Crippen LogP) is 7.26. The minimum atomic E-state index is -0.460. The molecule has 6 nitrogen and oxygen atoms in total. The SMILES string of the molecule is CCOc1cc(/C=N\N2C(=O)[C@@H]3C4c5ccccc5C(c5ccccc54)[C@@H]3C2=O)cc(I)c1OCc1ccc(Br)cc1. The van der Waals surface area contributed by atoms with Crippen molar-refractivity contribution < 1.29 is 19.1 Å². The Kier molecular flexibility index (Phi) is 7.14. The van der Waals surface area contributed by atoms with Gasteiger partial charge in [-0.15, -0.1) is 0 Å². The minimum Gasteiger partial charge on any atom is -0.490 e. The van der Waals surface area contributed by atoms with Crippen molar-refractivity contribution in [1.29, 1.82) is 0 Å². The molecule has 0 saturated carbocycles. The molecule has 2 atom stereocenters. The van der Waals surface area contributed by atoms with Crippen LogP contribution in [-0.4, -0.2) is 29.6 Å². The van der Waals surface area contributed by atoms with Crippen molar-refractivity contribution in [2.45, 2.75) is 25.4 Å². The standard InChI is InChI=1S/C34H26BrIN2O4/c1-2-41-27-16-20(15-26(36)32(27)42-18-19-11-13-21(35)14-12-19)17-37-38-33(39)30-28-22-7-3-4-8-23(22)29(31(30)34(38)40)25-10-6-5-9-24(25)28/h3-17,28-31H,2,18H2,1H3/b37-17-/t28?,29?,30-,31+. The molecule has 1 fully saturated rings. The van der Waals surface area contributed by atoms with Gasteiger partial charge in [0.2, 0.25) is 0 Å². The van der Waals surface area contributed by atoms with Gasteiger partial charge in [-0.25, -0.2) is 0 Å². The summed E-state index contributed by atoms with van der Waals surface area (Å²) in [5.74, 6) is -0.489. The molecule has 0 spiro atoms. The summed E-state index contributed by atoms with van der Waals surface area (Å²) in [6.45, 7) is 2.77. The number of hydrazone groups is 1. The third kappa shape index (κ3) is 4.46. The van der Waals surface area contributed by atoms with Gasteiger partial charge in [-0.05, 0) is 87.2 Å². The van der Waals surface area contributed by atoms with Gasteiger partial charge in [-0.2, -0.15) is 10.1 Å². The molecule has 0 unspecified atom stereocenters. The quantitative estimate of drug-likeness (QED) is 0.114. The van der Waals surface area contributed by atoms with Crippen molar-refractivity contribution in [2.75, 3.05) is 6.61 Å². The lowest BCUT2D eigenvalue weighted by molar-refractivity contribution is -0.139. The molecule has 4 aromatic rings. The maximum Gasteiger partial charge on any atom is 0.254 e. The van der Waals surface area contributed by atoms with Gasteiger partial charge in [-0.3, -0.25) is 9.59 Å². The molecule has 1 aliphatic heterocycles. The van der Waals surface area contributed by atoms with E-state index in [2.05, 4.69) is 67.9 Å². The Morgan fingerprint density at radius 2 is 1.38 bits per heavy atom. The number of hydrogen-bond acceptors (Lipinski definition) is 5. The van der Waals surface area contributed by atoms with E-state index < -0.39 is 11.8 Å². The second kappa shape index (κ2) is 11.0. The molecule has 8 rings (SSSR count). The molecule has 1 heterocycles. The number of hydrogen-bond donors (Lipinski definition) is 0. The van der Waals surface area contributed by atoms with Crippen molar-refractivity contribution in [2.24, 2.45) is 16.9 Å². The summed E-state index contributed by atoms with van der Waals surface area (Å²) in [4.78, 5) is 27.7. The van der Waals surface area contributed by atoms with E-state index in [1.54, 1.807) is 6.21 Å². The number of ether oxygens (including phenoxy) is 2. The summed E-state index contributed by atoms with van der Waals surface area (Å²) >= 11 is 5.67. The Balaban J connectivity index is 1.18. The van der Waals surface area contributed by atoms with Crippen LogP contribution in [0.4, 0.5) is 0 Å².